The van der Waals surface area contributed by atoms with E-state index in [-0.39, 0.29) is 19.1 Å². The van der Waals surface area contributed by atoms with E-state index < -0.39 is 0 Å². The molecule has 0 aromatic heterocycles. The van der Waals surface area contributed by atoms with Crippen LogP contribution in [0.3, 0.4) is 0 Å². The highest BCUT2D eigenvalue weighted by molar-refractivity contribution is 5.78. The van der Waals surface area contributed by atoms with Crippen LogP contribution in [0.2, 0.25) is 0 Å². The van der Waals surface area contributed by atoms with Gasteiger partial charge in [-0.15, -0.1) is 0 Å². The van der Waals surface area contributed by atoms with Gasteiger partial charge in [0.25, 0.3) is 5.91 Å². The Balaban J connectivity index is 2.57. The molecule has 0 saturated heterocycles. The van der Waals surface area contributed by atoms with Gasteiger partial charge < -0.3 is 20.5 Å². The van der Waals surface area contributed by atoms with Crippen molar-refractivity contribution in [3.63, 3.8) is 0 Å². The molecule has 0 radical (unpaired) electrons. The maximum atomic E-state index is 11.2. The highest BCUT2D eigenvalue weighted by Gasteiger charge is 2.06. The van der Waals surface area contributed by atoms with E-state index in [1.165, 1.54) is 7.11 Å². The molecular weight excluding hydrogens is 222 g/mol. The summed E-state index contributed by atoms with van der Waals surface area (Å²) in [6.07, 6.45) is 0. The Morgan fingerprint density at radius 1 is 1.59 bits per heavy atom. The average Bonchev–Trinajstić information content (AvgIpc) is 2.35. The standard InChI is InChI=1S/C11H13N3O3/c1-16-8-2-3-9(13)10(6-8)17-7-11(15)14-5-4-12/h2-3,6H,5,7,13H2,1H3,(H,14,15). The quantitative estimate of drug-likeness (QED) is 0.565. The number of nitrogens with zero attached hydrogens (tertiary/aromatic N) is 1. The first-order valence-electron chi connectivity index (χ1n) is 4.87. The number of nitrogens with two attached hydrogens (primary N) is 1. The van der Waals surface area contributed by atoms with Crippen LogP contribution in [0, 0.1) is 11.3 Å². The number of hydrogen-bond donors (Lipinski definition) is 2. The second-order valence-electron chi connectivity index (χ2n) is 3.13. The van der Waals surface area contributed by atoms with E-state index in [1.54, 1.807) is 24.3 Å². The number of nitrogens with one attached hydrogen (secondary N) is 1. The van der Waals surface area contributed by atoms with Crippen LogP contribution in [0.1, 0.15) is 0 Å². The van der Waals surface area contributed by atoms with Crippen LogP contribution in [0.4, 0.5) is 5.69 Å². The predicted octanol–water partition coefficient (Wildman–Crippen LogP) is 0.296. The summed E-state index contributed by atoms with van der Waals surface area (Å²) in [6.45, 7) is -0.241. The third-order valence-corrected chi connectivity index (χ3v) is 1.94. The Morgan fingerprint density at radius 3 is 3.00 bits per heavy atom. The fraction of sp³-hybridized carbons (Fsp3) is 0.273. The molecule has 17 heavy (non-hydrogen) atoms. The first-order valence-corrected chi connectivity index (χ1v) is 4.87. The number of carbonyl (C=O) groups excluding carboxylic acids is 1. The molecule has 6 nitrogen and oxygen atoms in total. The van der Waals surface area contributed by atoms with Crippen LogP contribution in [-0.2, 0) is 4.79 Å². The summed E-state index contributed by atoms with van der Waals surface area (Å²) >= 11 is 0. The third-order valence-electron chi connectivity index (χ3n) is 1.94. The molecule has 3 N–H and O–H groups in total. The Kier molecular flexibility index (Phi) is 4.63. The van der Waals surface area contributed by atoms with Gasteiger partial charge in [-0.1, -0.05) is 0 Å². The van der Waals surface area contributed by atoms with Gasteiger partial charge in [0, 0.05) is 6.07 Å². The fourth-order valence-corrected chi connectivity index (χ4v) is 1.10. The minimum atomic E-state index is -0.381. The van der Waals surface area contributed by atoms with Gasteiger partial charge in [-0.25, -0.2) is 0 Å². The Bertz CT molecular complexity index is 440. The largest absolute Gasteiger partial charge is 0.497 e. The van der Waals surface area contributed by atoms with E-state index in [0.29, 0.717) is 17.2 Å². The van der Waals surface area contributed by atoms with Crippen molar-refractivity contribution in [1.82, 2.24) is 5.32 Å². The van der Waals surface area contributed by atoms with Gasteiger partial charge in [-0.2, -0.15) is 5.26 Å². The Morgan fingerprint density at radius 2 is 2.35 bits per heavy atom. The smallest absolute Gasteiger partial charge is 0.258 e. The zero-order valence-electron chi connectivity index (χ0n) is 9.40. The molecule has 0 atom stereocenters. The van der Waals surface area contributed by atoms with Gasteiger partial charge in [-0.3, -0.25) is 4.79 Å². The molecule has 1 amide bonds. The maximum Gasteiger partial charge on any atom is 0.258 e. The molecule has 0 saturated carbocycles. The summed E-state index contributed by atoms with van der Waals surface area (Å²) in [5, 5.41) is 10.6. The van der Waals surface area contributed by atoms with Crippen LogP contribution in [0.15, 0.2) is 18.2 Å². The SMILES string of the molecule is COc1ccc(N)c(OCC(=O)NCC#N)c1. The Hall–Kier alpha value is -2.42. The van der Waals surface area contributed by atoms with Gasteiger partial charge in [0.15, 0.2) is 6.61 Å². The second-order valence-corrected chi connectivity index (χ2v) is 3.13. The lowest BCUT2D eigenvalue weighted by atomic mass is 10.3. The molecule has 0 spiro atoms. The lowest BCUT2D eigenvalue weighted by Gasteiger charge is -2.09. The average molecular weight is 235 g/mol. The van der Waals surface area contributed by atoms with E-state index in [2.05, 4.69) is 5.32 Å². The van der Waals surface area contributed by atoms with Crippen molar-refractivity contribution >= 4 is 11.6 Å². The molecule has 0 fully saturated rings. The van der Waals surface area contributed by atoms with Crippen molar-refractivity contribution in [2.45, 2.75) is 0 Å². The summed E-state index contributed by atoms with van der Waals surface area (Å²) in [7, 11) is 1.52. The van der Waals surface area contributed by atoms with Crippen molar-refractivity contribution in [2.75, 3.05) is 26.0 Å². The molecule has 1 rings (SSSR count). The second kappa shape index (κ2) is 6.23. The van der Waals surface area contributed by atoms with Crippen molar-refractivity contribution in [3.8, 4) is 17.6 Å². The monoisotopic (exact) mass is 235 g/mol. The van der Waals surface area contributed by atoms with Gasteiger partial charge in [0.2, 0.25) is 0 Å². The first kappa shape index (κ1) is 12.6. The molecule has 0 aliphatic rings. The number of hydrogen-bond acceptors (Lipinski definition) is 5. The summed E-state index contributed by atoms with van der Waals surface area (Å²) in [5.74, 6) is 0.580. The minimum absolute atomic E-state index is 0.0458. The molecule has 1 aromatic rings. The summed E-state index contributed by atoms with van der Waals surface area (Å²) in [5.41, 5.74) is 6.08. The summed E-state index contributed by atoms with van der Waals surface area (Å²) < 4.78 is 10.2. The van der Waals surface area contributed by atoms with Gasteiger partial charge in [0.1, 0.15) is 18.0 Å². The summed E-state index contributed by atoms with van der Waals surface area (Å²) in [4.78, 5) is 11.2. The number of benzene rings is 1. The van der Waals surface area contributed by atoms with E-state index in [9.17, 15) is 4.79 Å². The van der Waals surface area contributed by atoms with Crippen LogP contribution in [0.25, 0.3) is 0 Å². The highest BCUT2D eigenvalue weighted by Crippen LogP contribution is 2.26. The highest BCUT2D eigenvalue weighted by atomic mass is 16.5. The van der Waals surface area contributed by atoms with Gasteiger partial charge in [0.05, 0.1) is 18.9 Å². The molecule has 90 valence electrons. The third kappa shape index (κ3) is 3.91. The maximum absolute atomic E-state index is 11.2. The topological polar surface area (TPSA) is 97.4 Å². The molecule has 1 aromatic carbocycles. The lowest BCUT2D eigenvalue weighted by molar-refractivity contribution is -0.122. The first-order chi connectivity index (χ1) is 8.17. The molecule has 0 aliphatic carbocycles. The predicted molar refractivity (Wildman–Crippen MR) is 61.5 cm³/mol. The molecule has 0 aliphatic heterocycles. The van der Waals surface area contributed by atoms with Gasteiger partial charge in [-0.05, 0) is 12.1 Å². The number of carbonyl (C=O) groups is 1. The summed E-state index contributed by atoms with van der Waals surface area (Å²) in [6, 6.07) is 6.70. The van der Waals surface area contributed by atoms with Crippen LogP contribution >= 0.6 is 0 Å². The van der Waals surface area contributed by atoms with E-state index >= 15 is 0 Å². The fourth-order valence-electron chi connectivity index (χ4n) is 1.10. The van der Waals surface area contributed by atoms with Gasteiger partial charge >= 0.3 is 0 Å². The number of rotatable bonds is 5. The molecule has 6 heteroatoms. The number of nitrogen functional groups attached to an aromatic ring is 1. The van der Waals surface area contributed by atoms with Crippen LogP contribution in [-0.4, -0.2) is 26.2 Å². The van der Waals surface area contributed by atoms with Crippen molar-refractivity contribution in [1.29, 1.82) is 5.26 Å². The lowest BCUT2D eigenvalue weighted by Crippen LogP contribution is -2.29. The van der Waals surface area contributed by atoms with Crippen molar-refractivity contribution < 1.29 is 14.3 Å². The van der Waals surface area contributed by atoms with Crippen LogP contribution < -0.4 is 20.5 Å². The Labute approximate surface area is 98.9 Å². The van der Waals surface area contributed by atoms with E-state index in [1.807, 2.05) is 0 Å². The van der Waals surface area contributed by atoms with E-state index in [4.69, 9.17) is 20.5 Å². The molecule has 0 bridgehead atoms. The van der Waals surface area contributed by atoms with Crippen LogP contribution in [0.5, 0.6) is 11.5 Å². The molecule has 0 heterocycles. The van der Waals surface area contributed by atoms with E-state index in [0.717, 1.165) is 0 Å². The number of anilines is 1. The molecule has 0 unspecified atom stereocenters. The normalized spacial score (nSPS) is 9.18. The van der Waals surface area contributed by atoms with Crippen molar-refractivity contribution in [3.05, 3.63) is 18.2 Å². The number of nitriles is 1. The minimum Gasteiger partial charge on any atom is -0.497 e. The number of ether oxygens (including phenoxy) is 2. The zero-order valence-corrected chi connectivity index (χ0v) is 9.40. The molecular formula is C11H13N3O3. The number of amides is 1. The number of methoxy groups -OCH3 is 1. The zero-order chi connectivity index (χ0) is 12.7. The van der Waals surface area contributed by atoms with Crippen molar-refractivity contribution in [2.24, 2.45) is 0 Å².